The predicted molar refractivity (Wildman–Crippen MR) is 130 cm³/mol. The second-order valence-electron chi connectivity index (χ2n) is 7.97. The lowest BCUT2D eigenvalue weighted by Gasteiger charge is -2.13. The van der Waals surface area contributed by atoms with E-state index in [9.17, 15) is 4.79 Å². The molecule has 0 atom stereocenters. The van der Waals surface area contributed by atoms with Gasteiger partial charge in [0.2, 0.25) is 5.82 Å². The molecule has 3 aromatic carbocycles. The van der Waals surface area contributed by atoms with E-state index in [2.05, 4.69) is 10.1 Å². The number of carboxylic acid groups (broad SMARTS) is 1. The number of aromatic nitrogens is 2. The molecule has 0 amide bonds. The summed E-state index contributed by atoms with van der Waals surface area (Å²) in [6, 6.07) is 21.2. The molecule has 0 fully saturated rings. The summed E-state index contributed by atoms with van der Waals surface area (Å²) in [5, 5.41) is 13.7. The Labute approximate surface area is 202 Å². The van der Waals surface area contributed by atoms with Crippen molar-refractivity contribution in [2.24, 2.45) is 0 Å². The van der Waals surface area contributed by atoms with Gasteiger partial charge in [-0.2, -0.15) is 4.98 Å². The van der Waals surface area contributed by atoms with Crippen molar-refractivity contribution in [1.29, 1.82) is 0 Å². The van der Waals surface area contributed by atoms with Crippen LogP contribution in [0.5, 0.6) is 0 Å². The van der Waals surface area contributed by atoms with Gasteiger partial charge >= 0.3 is 5.97 Å². The monoisotopic (exact) mass is 477 g/mol. The highest BCUT2D eigenvalue weighted by atomic mass is 35.5. The second kappa shape index (κ2) is 10.6. The molecule has 4 aromatic rings. The summed E-state index contributed by atoms with van der Waals surface area (Å²) in [6.07, 6.45) is 0. The first kappa shape index (κ1) is 23.6. The Hall–Kier alpha value is -3.52. The smallest absolute Gasteiger partial charge is 0.317 e. The Balaban J connectivity index is 1.56. The zero-order chi connectivity index (χ0) is 24.1. The van der Waals surface area contributed by atoms with E-state index >= 15 is 0 Å². The first-order valence-electron chi connectivity index (χ1n) is 10.6. The van der Waals surface area contributed by atoms with Gasteiger partial charge in [0.05, 0.1) is 13.2 Å². The zero-order valence-electron chi connectivity index (χ0n) is 18.9. The number of halogens is 1. The summed E-state index contributed by atoms with van der Waals surface area (Å²) in [7, 11) is 3.42. The minimum Gasteiger partial charge on any atom is -0.480 e. The van der Waals surface area contributed by atoms with Gasteiger partial charge in [-0.1, -0.05) is 65.3 Å². The predicted octanol–water partition coefficient (Wildman–Crippen LogP) is 5.39. The molecule has 7 nitrogen and oxygen atoms in total. The number of carboxylic acids is 1. The van der Waals surface area contributed by atoms with Crippen molar-refractivity contribution in [3.63, 3.8) is 0 Å². The number of carbonyl (C=O) groups is 1. The second-order valence-corrected chi connectivity index (χ2v) is 8.38. The molecule has 34 heavy (non-hydrogen) atoms. The van der Waals surface area contributed by atoms with Crippen LogP contribution < -0.4 is 0 Å². The largest absolute Gasteiger partial charge is 0.480 e. The summed E-state index contributed by atoms with van der Waals surface area (Å²) < 4.78 is 11.0. The summed E-state index contributed by atoms with van der Waals surface area (Å²) in [5.74, 6) is 0.0271. The highest BCUT2D eigenvalue weighted by Gasteiger charge is 2.15. The molecule has 1 heterocycles. The van der Waals surface area contributed by atoms with Crippen LogP contribution in [0.15, 0.2) is 71.3 Å². The normalized spacial score (nSPS) is 11.2. The van der Waals surface area contributed by atoms with Crippen LogP contribution in [0.1, 0.15) is 11.1 Å². The number of aliphatic carboxylic acids is 1. The number of rotatable bonds is 9. The lowest BCUT2D eigenvalue weighted by molar-refractivity contribution is -0.138. The number of methoxy groups -OCH3 is 1. The average Bonchev–Trinajstić information content (AvgIpc) is 3.30. The van der Waals surface area contributed by atoms with Crippen LogP contribution in [0.4, 0.5) is 0 Å². The van der Waals surface area contributed by atoms with E-state index in [0.29, 0.717) is 29.9 Å². The molecule has 0 aliphatic heterocycles. The molecule has 0 saturated heterocycles. The van der Waals surface area contributed by atoms with Crippen molar-refractivity contribution in [3.8, 4) is 34.0 Å². The molecule has 0 spiro atoms. The maximum Gasteiger partial charge on any atom is 0.317 e. The van der Waals surface area contributed by atoms with Crippen molar-refractivity contribution in [2.45, 2.75) is 13.2 Å². The van der Waals surface area contributed by atoms with Crippen LogP contribution in [0.25, 0.3) is 34.0 Å². The minimum atomic E-state index is -0.855. The highest BCUT2D eigenvalue weighted by molar-refractivity contribution is 6.33. The lowest BCUT2D eigenvalue weighted by atomic mass is 9.97. The van der Waals surface area contributed by atoms with Gasteiger partial charge in [0.15, 0.2) is 0 Å². The zero-order valence-corrected chi connectivity index (χ0v) is 19.6. The minimum absolute atomic E-state index is 0.0176. The van der Waals surface area contributed by atoms with E-state index < -0.39 is 5.97 Å². The topological polar surface area (TPSA) is 88.7 Å². The SMILES string of the molecule is COCc1cc(-c2nc(-c3ccc(CN(C)CC(=O)O)cc3)no2)ccc1-c1ccccc1Cl. The first-order chi connectivity index (χ1) is 16.4. The van der Waals surface area contributed by atoms with Gasteiger partial charge in [-0.25, -0.2) is 0 Å². The molecule has 0 radical (unpaired) electrons. The maximum atomic E-state index is 10.8. The van der Waals surface area contributed by atoms with Crippen molar-refractivity contribution in [1.82, 2.24) is 15.0 Å². The van der Waals surface area contributed by atoms with Crippen molar-refractivity contribution >= 4 is 17.6 Å². The van der Waals surface area contributed by atoms with Gasteiger partial charge in [-0.15, -0.1) is 0 Å². The summed E-state index contributed by atoms with van der Waals surface area (Å²) in [4.78, 5) is 17.1. The number of hydrogen-bond donors (Lipinski definition) is 1. The molecular weight excluding hydrogens is 454 g/mol. The summed E-state index contributed by atoms with van der Waals surface area (Å²) in [5.41, 5.74) is 5.47. The van der Waals surface area contributed by atoms with Crippen LogP contribution in [0.3, 0.4) is 0 Å². The fourth-order valence-corrected chi connectivity index (χ4v) is 4.00. The quantitative estimate of drug-likeness (QED) is 0.346. The summed E-state index contributed by atoms with van der Waals surface area (Å²) in [6.45, 7) is 0.924. The van der Waals surface area contributed by atoms with Gasteiger partial charge in [0.25, 0.3) is 5.89 Å². The van der Waals surface area contributed by atoms with Crippen molar-refractivity contribution in [2.75, 3.05) is 20.7 Å². The highest BCUT2D eigenvalue weighted by Crippen LogP contribution is 2.33. The van der Waals surface area contributed by atoms with Gasteiger partial charge in [0, 0.05) is 35.4 Å². The molecule has 0 bridgehead atoms. The number of likely N-dealkylation sites (N-methyl/N-ethyl adjacent to an activating group) is 1. The third-order valence-electron chi connectivity index (χ3n) is 5.31. The third kappa shape index (κ3) is 5.51. The Bertz CT molecular complexity index is 1290. The third-order valence-corrected chi connectivity index (χ3v) is 5.64. The maximum absolute atomic E-state index is 10.8. The fourth-order valence-electron chi connectivity index (χ4n) is 3.76. The Kier molecular flexibility index (Phi) is 7.37. The molecule has 1 N–H and O–H groups in total. The van der Waals surface area contributed by atoms with Crippen molar-refractivity contribution < 1.29 is 19.2 Å². The molecule has 4 rings (SSSR count). The van der Waals surface area contributed by atoms with E-state index in [0.717, 1.165) is 33.4 Å². The molecular formula is C26H24ClN3O4. The molecule has 0 aliphatic rings. The van der Waals surface area contributed by atoms with Gasteiger partial charge in [-0.05, 0) is 41.9 Å². The Morgan fingerprint density at radius 1 is 1.06 bits per heavy atom. The lowest BCUT2D eigenvalue weighted by Crippen LogP contribution is -2.25. The van der Waals surface area contributed by atoms with Gasteiger partial charge < -0.3 is 14.4 Å². The fraction of sp³-hybridized carbons (Fsp3) is 0.192. The number of benzene rings is 3. The van der Waals surface area contributed by atoms with E-state index in [1.165, 1.54) is 0 Å². The van der Waals surface area contributed by atoms with Crippen LogP contribution >= 0.6 is 11.6 Å². The molecule has 174 valence electrons. The van der Waals surface area contributed by atoms with Crippen LogP contribution in [-0.2, 0) is 22.7 Å². The molecule has 8 heteroatoms. The first-order valence-corrected chi connectivity index (χ1v) is 11.0. The van der Waals surface area contributed by atoms with Gasteiger partial charge in [0.1, 0.15) is 0 Å². The average molecular weight is 478 g/mol. The van der Waals surface area contributed by atoms with Crippen LogP contribution in [-0.4, -0.2) is 46.8 Å². The van der Waals surface area contributed by atoms with E-state index in [1.807, 2.05) is 66.7 Å². The number of hydrogen-bond acceptors (Lipinski definition) is 6. The van der Waals surface area contributed by atoms with E-state index in [1.54, 1.807) is 19.1 Å². The van der Waals surface area contributed by atoms with Crippen LogP contribution in [0, 0.1) is 0 Å². The number of ether oxygens (including phenoxy) is 1. The molecule has 0 aliphatic carbocycles. The summed E-state index contributed by atoms with van der Waals surface area (Å²) >= 11 is 6.41. The van der Waals surface area contributed by atoms with Crippen LogP contribution in [0.2, 0.25) is 5.02 Å². The Morgan fingerprint density at radius 2 is 1.79 bits per heavy atom. The molecule has 0 saturated carbocycles. The standard InChI is InChI=1S/C26H24ClN3O4/c1-30(15-24(31)32)14-17-7-9-18(10-8-17)25-28-26(34-29-25)19-11-12-21(20(13-19)16-33-2)22-5-3-4-6-23(22)27/h3-13H,14-16H2,1-2H3,(H,31,32). The Morgan fingerprint density at radius 3 is 2.50 bits per heavy atom. The molecule has 1 aromatic heterocycles. The molecule has 0 unspecified atom stereocenters. The van der Waals surface area contributed by atoms with Gasteiger partial charge in [-0.3, -0.25) is 9.69 Å². The number of nitrogens with zero attached hydrogens (tertiary/aromatic N) is 3. The van der Waals surface area contributed by atoms with E-state index in [4.69, 9.17) is 26.0 Å². The van der Waals surface area contributed by atoms with Crippen molar-refractivity contribution in [3.05, 3.63) is 82.9 Å². The van der Waals surface area contributed by atoms with E-state index in [-0.39, 0.29) is 6.54 Å².